The van der Waals surface area contributed by atoms with Crippen LogP contribution < -0.4 is 5.32 Å². The third kappa shape index (κ3) is 4.44. The van der Waals surface area contributed by atoms with Crippen molar-refractivity contribution in [1.29, 1.82) is 0 Å². The minimum Gasteiger partial charge on any atom is -0.466 e. The smallest absolute Gasteiger partial charge is 0.309 e. The van der Waals surface area contributed by atoms with Crippen molar-refractivity contribution >= 4 is 5.97 Å². The molecular weight excluding hydrogens is 214 g/mol. The number of hydrogen-bond acceptors (Lipinski definition) is 6. The van der Waals surface area contributed by atoms with Crippen LogP contribution in [-0.2, 0) is 9.53 Å². The van der Waals surface area contributed by atoms with Crippen LogP contribution in [0.25, 0.3) is 0 Å². The Morgan fingerprint density at radius 3 is 2.19 bits per heavy atom. The molecule has 4 N–H and O–H groups in total. The Kier molecular flexibility index (Phi) is 7.24. The highest BCUT2D eigenvalue weighted by Crippen LogP contribution is 2.04. The number of rotatable bonds is 8. The summed E-state index contributed by atoms with van der Waals surface area (Å²) in [6.45, 7) is 2.70. The minimum atomic E-state index is -1.15. The average molecular weight is 235 g/mol. The van der Waals surface area contributed by atoms with Crippen LogP contribution in [0.15, 0.2) is 0 Å². The normalized spacial score (nSPS) is 13.6. The molecule has 0 aliphatic heterocycles. The molecule has 0 aliphatic rings. The summed E-state index contributed by atoms with van der Waals surface area (Å²) < 4.78 is 4.80. The fourth-order valence-electron chi connectivity index (χ4n) is 1.06. The number of aliphatic hydroxyl groups excluding tert-OH is 3. The van der Waals surface area contributed by atoms with Crippen molar-refractivity contribution in [2.24, 2.45) is 5.92 Å². The SMILES string of the molecule is CCOC(=O)C(C)CNC(CO)(CO)CO. The lowest BCUT2D eigenvalue weighted by molar-refractivity contribution is -0.147. The predicted octanol–water partition coefficient (Wildman–Crippen LogP) is -1.51. The summed E-state index contributed by atoms with van der Waals surface area (Å²) in [6, 6.07) is 0. The highest BCUT2D eigenvalue weighted by atomic mass is 16.5. The molecule has 1 atom stereocenters. The molecule has 0 aliphatic carbocycles. The molecular formula is C10H21NO5. The number of carbonyl (C=O) groups is 1. The molecule has 0 rings (SSSR count). The van der Waals surface area contributed by atoms with Gasteiger partial charge in [0, 0.05) is 6.54 Å². The van der Waals surface area contributed by atoms with Crippen molar-refractivity contribution in [2.45, 2.75) is 19.4 Å². The van der Waals surface area contributed by atoms with Crippen LogP contribution in [0.1, 0.15) is 13.8 Å². The van der Waals surface area contributed by atoms with Gasteiger partial charge in [-0.05, 0) is 6.92 Å². The van der Waals surface area contributed by atoms with E-state index >= 15 is 0 Å². The molecule has 96 valence electrons. The number of aliphatic hydroxyl groups is 3. The van der Waals surface area contributed by atoms with Crippen LogP contribution in [0.3, 0.4) is 0 Å². The van der Waals surface area contributed by atoms with Gasteiger partial charge in [-0.3, -0.25) is 4.79 Å². The van der Waals surface area contributed by atoms with E-state index in [1.807, 2.05) is 0 Å². The monoisotopic (exact) mass is 235 g/mol. The summed E-state index contributed by atoms with van der Waals surface area (Å²) in [6.07, 6.45) is 0. The zero-order valence-corrected chi connectivity index (χ0v) is 9.77. The van der Waals surface area contributed by atoms with E-state index in [-0.39, 0.29) is 12.5 Å². The molecule has 0 amide bonds. The van der Waals surface area contributed by atoms with Crippen molar-refractivity contribution < 1.29 is 24.9 Å². The third-order valence-electron chi connectivity index (χ3n) is 2.38. The molecule has 0 aromatic heterocycles. The van der Waals surface area contributed by atoms with Crippen LogP contribution in [0.4, 0.5) is 0 Å². The number of esters is 1. The molecule has 6 nitrogen and oxygen atoms in total. The van der Waals surface area contributed by atoms with Gasteiger partial charge in [-0.2, -0.15) is 0 Å². The molecule has 16 heavy (non-hydrogen) atoms. The van der Waals surface area contributed by atoms with E-state index in [0.29, 0.717) is 6.61 Å². The highest BCUT2D eigenvalue weighted by Gasteiger charge is 2.28. The van der Waals surface area contributed by atoms with Gasteiger partial charge in [-0.1, -0.05) is 6.92 Å². The molecule has 0 heterocycles. The van der Waals surface area contributed by atoms with Crippen molar-refractivity contribution in [3.05, 3.63) is 0 Å². The number of carbonyl (C=O) groups excluding carboxylic acids is 1. The minimum absolute atomic E-state index is 0.223. The molecule has 6 heteroatoms. The summed E-state index contributed by atoms with van der Waals surface area (Å²) in [5, 5.41) is 29.9. The second-order valence-corrected chi connectivity index (χ2v) is 3.79. The zero-order valence-electron chi connectivity index (χ0n) is 9.77. The Hall–Kier alpha value is -0.690. The fourth-order valence-corrected chi connectivity index (χ4v) is 1.06. The fraction of sp³-hybridized carbons (Fsp3) is 0.900. The van der Waals surface area contributed by atoms with Gasteiger partial charge in [-0.25, -0.2) is 0 Å². The number of ether oxygens (including phenoxy) is 1. The Balaban J connectivity index is 4.15. The number of hydrogen-bond donors (Lipinski definition) is 4. The van der Waals surface area contributed by atoms with E-state index in [1.54, 1.807) is 13.8 Å². The molecule has 0 aromatic rings. The van der Waals surface area contributed by atoms with Crippen molar-refractivity contribution in [2.75, 3.05) is 33.0 Å². The van der Waals surface area contributed by atoms with Gasteiger partial charge in [-0.15, -0.1) is 0 Å². The standard InChI is InChI=1S/C10H21NO5/c1-3-16-9(15)8(2)4-11-10(5-12,6-13)7-14/h8,11-14H,3-7H2,1-2H3. The second-order valence-electron chi connectivity index (χ2n) is 3.79. The summed E-state index contributed by atoms with van der Waals surface area (Å²) >= 11 is 0. The third-order valence-corrected chi connectivity index (χ3v) is 2.38. The average Bonchev–Trinajstić information content (AvgIpc) is 2.31. The predicted molar refractivity (Wildman–Crippen MR) is 57.8 cm³/mol. The Labute approximate surface area is 95.2 Å². The molecule has 0 fully saturated rings. The largest absolute Gasteiger partial charge is 0.466 e. The van der Waals surface area contributed by atoms with Crippen molar-refractivity contribution in [3.8, 4) is 0 Å². The molecule has 0 saturated heterocycles. The van der Waals surface area contributed by atoms with Gasteiger partial charge in [0.05, 0.1) is 37.9 Å². The molecule has 0 spiro atoms. The van der Waals surface area contributed by atoms with E-state index in [2.05, 4.69) is 5.32 Å². The number of nitrogens with one attached hydrogen (secondary N) is 1. The summed E-state index contributed by atoms with van der Waals surface area (Å²) in [4.78, 5) is 11.3. The Bertz CT molecular complexity index is 197. The van der Waals surface area contributed by atoms with Crippen molar-refractivity contribution in [1.82, 2.24) is 5.32 Å². The first-order chi connectivity index (χ1) is 7.55. The highest BCUT2D eigenvalue weighted by molar-refractivity contribution is 5.72. The second kappa shape index (κ2) is 7.56. The maximum absolute atomic E-state index is 11.3. The van der Waals surface area contributed by atoms with E-state index < -0.39 is 31.3 Å². The Morgan fingerprint density at radius 2 is 1.81 bits per heavy atom. The summed E-state index contributed by atoms with van der Waals surface area (Å²) in [7, 11) is 0. The van der Waals surface area contributed by atoms with E-state index in [9.17, 15) is 4.79 Å². The first-order valence-electron chi connectivity index (χ1n) is 5.29. The molecule has 0 aromatic carbocycles. The first-order valence-corrected chi connectivity index (χ1v) is 5.29. The van der Waals surface area contributed by atoms with Crippen LogP contribution in [0.5, 0.6) is 0 Å². The van der Waals surface area contributed by atoms with Gasteiger partial charge < -0.3 is 25.4 Å². The van der Waals surface area contributed by atoms with Crippen LogP contribution in [-0.4, -0.2) is 59.8 Å². The maximum atomic E-state index is 11.3. The molecule has 0 radical (unpaired) electrons. The van der Waals surface area contributed by atoms with E-state index in [4.69, 9.17) is 20.1 Å². The van der Waals surface area contributed by atoms with Crippen LogP contribution >= 0.6 is 0 Å². The van der Waals surface area contributed by atoms with Crippen LogP contribution in [0.2, 0.25) is 0 Å². The molecule has 0 saturated carbocycles. The quantitative estimate of drug-likeness (QED) is 0.382. The maximum Gasteiger partial charge on any atom is 0.309 e. The van der Waals surface area contributed by atoms with Gasteiger partial charge in [0.1, 0.15) is 0 Å². The Morgan fingerprint density at radius 1 is 1.31 bits per heavy atom. The van der Waals surface area contributed by atoms with Crippen molar-refractivity contribution in [3.63, 3.8) is 0 Å². The molecule has 0 bridgehead atoms. The lowest BCUT2D eigenvalue weighted by Gasteiger charge is -2.29. The molecule has 1 unspecified atom stereocenters. The van der Waals surface area contributed by atoms with Gasteiger partial charge >= 0.3 is 5.97 Å². The van der Waals surface area contributed by atoms with E-state index in [0.717, 1.165) is 0 Å². The van der Waals surface area contributed by atoms with Gasteiger partial charge in [0.2, 0.25) is 0 Å². The lowest BCUT2D eigenvalue weighted by atomic mass is 10.0. The first kappa shape index (κ1) is 15.3. The van der Waals surface area contributed by atoms with E-state index in [1.165, 1.54) is 0 Å². The zero-order chi connectivity index (χ0) is 12.6. The summed E-state index contributed by atoms with van der Waals surface area (Å²) in [5.74, 6) is -0.748. The van der Waals surface area contributed by atoms with Gasteiger partial charge in [0.25, 0.3) is 0 Å². The van der Waals surface area contributed by atoms with Crippen LogP contribution in [0, 0.1) is 5.92 Å². The summed E-state index contributed by atoms with van der Waals surface area (Å²) in [5.41, 5.74) is -1.15. The van der Waals surface area contributed by atoms with Gasteiger partial charge in [0.15, 0.2) is 0 Å². The topological polar surface area (TPSA) is 99.0 Å². The lowest BCUT2D eigenvalue weighted by Crippen LogP contribution is -2.56.